The summed E-state index contributed by atoms with van der Waals surface area (Å²) in [7, 11) is 0. The van der Waals surface area contributed by atoms with Crippen LogP contribution in [0.5, 0.6) is 0 Å². The van der Waals surface area contributed by atoms with E-state index in [-0.39, 0.29) is 12.3 Å². The smallest absolute Gasteiger partial charge is 0.329 e. The Labute approximate surface area is 102 Å². The fourth-order valence-corrected chi connectivity index (χ4v) is 2.02. The summed E-state index contributed by atoms with van der Waals surface area (Å²) in [5.74, 6) is 0.342. The van der Waals surface area contributed by atoms with Gasteiger partial charge >= 0.3 is 6.03 Å². The summed E-state index contributed by atoms with van der Waals surface area (Å²) >= 11 is 0. The number of aromatic nitrogens is 2. The number of pyridine rings is 1. The second-order valence-electron chi connectivity index (χ2n) is 4.06. The largest absolute Gasteiger partial charge is 0.399 e. The number of carbonyl (C=O) groups is 2. The zero-order valence-corrected chi connectivity index (χ0v) is 9.46. The Morgan fingerprint density at radius 3 is 2.94 bits per heavy atom. The van der Waals surface area contributed by atoms with Crippen molar-refractivity contribution in [3.63, 3.8) is 0 Å². The highest BCUT2D eigenvalue weighted by atomic mass is 16.2. The summed E-state index contributed by atoms with van der Waals surface area (Å²) in [6.45, 7) is 0.335. The third-order valence-corrected chi connectivity index (χ3v) is 2.84. The molecular formula is C11H11N5O2. The van der Waals surface area contributed by atoms with Crippen LogP contribution in [-0.2, 0) is 4.79 Å². The number of imidazole rings is 1. The number of fused-ring (bicyclic) bond motifs is 1. The number of hydrogen-bond donors (Lipinski definition) is 2. The maximum atomic E-state index is 11.8. The van der Waals surface area contributed by atoms with E-state index >= 15 is 0 Å². The number of imide groups is 1. The minimum Gasteiger partial charge on any atom is -0.399 e. The van der Waals surface area contributed by atoms with Crippen LogP contribution in [0.4, 0.5) is 16.3 Å². The first kappa shape index (κ1) is 10.6. The van der Waals surface area contributed by atoms with E-state index in [1.54, 1.807) is 28.9 Å². The highest BCUT2D eigenvalue weighted by molar-refractivity contribution is 6.05. The van der Waals surface area contributed by atoms with Gasteiger partial charge < -0.3 is 5.73 Å². The molecule has 3 N–H and O–H groups in total. The lowest BCUT2D eigenvalue weighted by Crippen LogP contribution is -2.50. The Morgan fingerprint density at radius 1 is 1.33 bits per heavy atom. The van der Waals surface area contributed by atoms with Gasteiger partial charge in [-0.1, -0.05) is 0 Å². The summed E-state index contributed by atoms with van der Waals surface area (Å²) in [5, 5.41) is 2.28. The summed E-state index contributed by atoms with van der Waals surface area (Å²) < 4.78 is 1.76. The predicted molar refractivity (Wildman–Crippen MR) is 65.1 cm³/mol. The van der Waals surface area contributed by atoms with Crippen LogP contribution in [0.3, 0.4) is 0 Å². The maximum Gasteiger partial charge on any atom is 0.329 e. The van der Waals surface area contributed by atoms with Crippen LogP contribution >= 0.6 is 0 Å². The van der Waals surface area contributed by atoms with Gasteiger partial charge in [-0.05, 0) is 0 Å². The molecule has 18 heavy (non-hydrogen) atoms. The quantitative estimate of drug-likeness (QED) is 0.758. The minimum atomic E-state index is -0.438. The highest BCUT2D eigenvalue weighted by Gasteiger charge is 2.26. The number of carbonyl (C=O) groups excluding carboxylic acids is 2. The molecular weight excluding hydrogens is 234 g/mol. The predicted octanol–water partition coefficient (Wildman–Crippen LogP) is 0.363. The van der Waals surface area contributed by atoms with E-state index in [9.17, 15) is 9.59 Å². The van der Waals surface area contributed by atoms with E-state index in [4.69, 9.17) is 5.73 Å². The van der Waals surface area contributed by atoms with E-state index in [2.05, 4.69) is 10.3 Å². The van der Waals surface area contributed by atoms with Gasteiger partial charge in [0.1, 0.15) is 11.5 Å². The Kier molecular flexibility index (Phi) is 2.19. The van der Waals surface area contributed by atoms with Gasteiger partial charge in [0.2, 0.25) is 5.91 Å². The molecule has 7 nitrogen and oxygen atoms in total. The van der Waals surface area contributed by atoms with Crippen molar-refractivity contribution in [3.8, 4) is 0 Å². The minimum absolute atomic E-state index is 0.262. The number of anilines is 2. The van der Waals surface area contributed by atoms with Crippen LogP contribution in [0.1, 0.15) is 6.42 Å². The molecule has 3 heterocycles. The molecule has 7 heteroatoms. The molecule has 0 bridgehead atoms. The summed E-state index contributed by atoms with van der Waals surface area (Å²) in [5.41, 5.74) is 6.97. The van der Waals surface area contributed by atoms with Crippen LogP contribution in [0.2, 0.25) is 0 Å². The lowest BCUT2D eigenvalue weighted by molar-refractivity contribution is -0.120. The van der Waals surface area contributed by atoms with Crippen molar-refractivity contribution in [1.82, 2.24) is 14.7 Å². The number of nitrogens with zero attached hydrogens (tertiary/aromatic N) is 3. The van der Waals surface area contributed by atoms with Gasteiger partial charge in [0.25, 0.3) is 0 Å². The molecule has 0 aromatic carbocycles. The van der Waals surface area contributed by atoms with Gasteiger partial charge in [-0.15, -0.1) is 0 Å². The standard InChI is InChI=1S/C11H11N5O2/c12-7-5-8-13-2-4-15(8)10(6-7)16-3-1-9(17)14-11(16)18/h2,4-6H,1,3,12H2,(H,14,17,18). The monoisotopic (exact) mass is 245 g/mol. The average molecular weight is 245 g/mol. The first-order valence-electron chi connectivity index (χ1n) is 5.49. The number of hydrogen-bond acceptors (Lipinski definition) is 4. The van der Waals surface area contributed by atoms with E-state index in [1.165, 1.54) is 4.90 Å². The van der Waals surface area contributed by atoms with Crippen molar-refractivity contribution < 1.29 is 9.59 Å². The third kappa shape index (κ3) is 1.56. The van der Waals surface area contributed by atoms with Crippen LogP contribution in [0.25, 0.3) is 5.65 Å². The topological polar surface area (TPSA) is 92.7 Å². The number of urea groups is 1. The lowest BCUT2D eigenvalue weighted by atomic mass is 10.3. The molecule has 1 saturated heterocycles. The number of nitrogens with two attached hydrogens (primary N) is 1. The first-order chi connectivity index (χ1) is 8.65. The molecule has 0 aliphatic carbocycles. The summed E-state index contributed by atoms with van der Waals surface area (Å²) in [6.07, 6.45) is 3.65. The summed E-state index contributed by atoms with van der Waals surface area (Å²) in [4.78, 5) is 28.5. The van der Waals surface area contributed by atoms with Gasteiger partial charge in [0.15, 0.2) is 0 Å². The van der Waals surface area contributed by atoms with Crippen LogP contribution in [0, 0.1) is 0 Å². The molecule has 1 aliphatic rings. The van der Waals surface area contributed by atoms with E-state index < -0.39 is 6.03 Å². The average Bonchev–Trinajstić information content (AvgIpc) is 2.76. The molecule has 0 atom stereocenters. The molecule has 2 aromatic rings. The second-order valence-corrected chi connectivity index (χ2v) is 4.06. The molecule has 92 valence electrons. The van der Waals surface area contributed by atoms with E-state index in [0.717, 1.165) is 0 Å². The highest BCUT2D eigenvalue weighted by Crippen LogP contribution is 2.22. The van der Waals surface area contributed by atoms with E-state index in [1.807, 2.05) is 0 Å². The molecule has 0 radical (unpaired) electrons. The summed E-state index contributed by atoms with van der Waals surface area (Å²) in [6, 6.07) is 2.97. The number of rotatable bonds is 1. The van der Waals surface area contributed by atoms with Gasteiger partial charge in [-0.3, -0.25) is 19.4 Å². The zero-order chi connectivity index (χ0) is 12.7. The van der Waals surface area contributed by atoms with Gasteiger partial charge in [0.05, 0.1) is 0 Å². The van der Waals surface area contributed by atoms with Crippen LogP contribution < -0.4 is 16.0 Å². The molecule has 1 aliphatic heterocycles. The molecule has 0 saturated carbocycles. The van der Waals surface area contributed by atoms with E-state index in [0.29, 0.717) is 23.7 Å². The molecule has 3 amide bonds. The normalized spacial score (nSPS) is 16.1. The van der Waals surface area contributed by atoms with Crippen molar-refractivity contribution in [3.05, 3.63) is 24.5 Å². The Morgan fingerprint density at radius 2 is 2.17 bits per heavy atom. The van der Waals surface area contributed by atoms with Crippen molar-refractivity contribution in [2.75, 3.05) is 17.2 Å². The lowest BCUT2D eigenvalue weighted by Gasteiger charge is -2.27. The number of amides is 3. The second kappa shape index (κ2) is 3.73. The van der Waals surface area contributed by atoms with Crippen molar-refractivity contribution >= 4 is 29.1 Å². The molecule has 3 rings (SSSR count). The van der Waals surface area contributed by atoms with Gasteiger partial charge in [0, 0.05) is 43.2 Å². The molecule has 0 spiro atoms. The number of nitrogen functional groups attached to an aromatic ring is 1. The Hall–Kier alpha value is -2.57. The number of nitrogens with one attached hydrogen (secondary N) is 1. The van der Waals surface area contributed by atoms with Crippen LogP contribution in [-0.4, -0.2) is 27.9 Å². The van der Waals surface area contributed by atoms with Crippen LogP contribution in [0.15, 0.2) is 24.5 Å². The fourth-order valence-electron chi connectivity index (χ4n) is 2.02. The first-order valence-corrected chi connectivity index (χ1v) is 5.49. The Balaban J connectivity index is 2.11. The molecule has 1 fully saturated rings. The van der Waals surface area contributed by atoms with Crippen molar-refractivity contribution in [1.29, 1.82) is 0 Å². The fraction of sp³-hybridized carbons (Fsp3) is 0.182. The van der Waals surface area contributed by atoms with Gasteiger partial charge in [-0.25, -0.2) is 9.78 Å². The van der Waals surface area contributed by atoms with Crippen molar-refractivity contribution in [2.24, 2.45) is 0 Å². The SMILES string of the molecule is Nc1cc(N2CCC(=O)NC2=O)n2ccnc2c1. The van der Waals surface area contributed by atoms with Crippen molar-refractivity contribution in [2.45, 2.75) is 6.42 Å². The molecule has 2 aromatic heterocycles. The Bertz CT molecular complexity index is 648. The third-order valence-electron chi connectivity index (χ3n) is 2.84. The molecule has 0 unspecified atom stereocenters. The zero-order valence-electron chi connectivity index (χ0n) is 9.46. The van der Waals surface area contributed by atoms with Gasteiger partial charge in [-0.2, -0.15) is 0 Å². The maximum absolute atomic E-state index is 11.8.